The zero-order valence-corrected chi connectivity index (χ0v) is 17.8. The van der Waals surface area contributed by atoms with Crippen LogP contribution in [0.1, 0.15) is 11.1 Å². The van der Waals surface area contributed by atoms with Crippen LogP contribution in [0.4, 0.5) is 11.4 Å². The van der Waals surface area contributed by atoms with E-state index < -0.39 is 0 Å². The summed E-state index contributed by atoms with van der Waals surface area (Å²) in [4.78, 5) is 20.2. The van der Waals surface area contributed by atoms with Gasteiger partial charge in [-0.05, 0) is 84.4 Å². The van der Waals surface area contributed by atoms with Crippen molar-refractivity contribution in [3.63, 3.8) is 0 Å². The first-order chi connectivity index (χ1) is 14.0. The quantitative estimate of drug-likeness (QED) is 0.408. The van der Waals surface area contributed by atoms with Crippen molar-refractivity contribution in [3.05, 3.63) is 98.9 Å². The maximum absolute atomic E-state index is 13.3. The maximum Gasteiger partial charge on any atom is 0.271 e. The topological polar surface area (TPSA) is 32.7 Å². The van der Waals surface area contributed by atoms with Crippen LogP contribution in [0.5, 0.6) is 0 Å². The Bertz CT molecular complexity index is 1120. The van der Waals surface area contributed by atoms with Gasteiger partial charge in [0, 0.05) is 10.0 Å². The van der Waals surface area contributed by atoms with E-state index in [1.165, 1.54) is 11.8 Å². The second-order valence-corrected chi connectivity index (χ2v) is 8.34. The number of nitrogens with zero attached hydrogens (tertiary/aromatic N) is 2. The zero-order valence-electron chi connectivity index (χ0n) is 15.5. The van der Waals surface area contributed by atoms with Gasteiger partial charge in [-0.2, -0.15) is 0 Å². The van der Waals surface area contributed by atoms with Crippen LogP contribution in [-0.4, -0.2) is 11.1 Å². The van der Waals surface area contributed by atoms with Crippen molar-refractivity contribution in [2.75, 3.05) is 4.90 Å². The van der Waals surface area contributed by atoms with E-state index in [4.69, 9.17) is 28.2 Å². The molecule has 1 saturated heterocycles. The number of hydrogen-bond acceptors (Lipinski definition) is 3. The highest BCUT2D eigenvalue weighted by molar-refractivity contribution is 8.19. The minimum absolute atomic E-state index is 0.117. The molecule has 0 unspecified atom stereocenters. The molecule has 0 aromatic heterocycles. The normalized spacial score (nSPS) is 16.8. The van der Waals surface area contributed by atoms with Crippen LogP contribution in [0.25, 0.3) is 6.08 Å². The van der Waals surface area contributed by atoms with Gasteiger partial charge in [0.1, 0.15) is 0 Å². The fourth-order valence-electron chi connectivity index (χ4n) is 2.88. The number of aliphatic imine (C=N–C) groups is 1. The summed E-state index contributed by atoms with van der Waals surface area (Å²) >= 11 is 13.4. The number of hydrogen-bond donors (Lipinski definition) is 0. The molecular weight excluding hydrogens is 423 g/mol. The third-order valence-electron chi connectivity index (χ3n) is 4.42. The highest BCUT2D eigenvalue weighted by Crippen LogP contribution is 2.38. The number of benzene rings is 3. The van der Waals surface area contributed by atoms with Gasteiger partial charge < -0.3 is 0 Å². The molecule has 3 aromatic carbocycles. The van der Waals surface area contributed by atoms with Crippen LogP contribution in [-0.2, 0) is 4.79 Å². The van der Waals surface area contributed by atoms with Crippen molar-refractivity contribution in [3.8, 4) is 0 Å². The molecule has 0 radical (unpaired) electrons. The molecule has 3 aromatic rings. The van der Waals surface area contributed by atoms with Crippen molar-refractivity contribution in [1.82, 2.24) is 0 Å². The number of thioether (sulfide) groups is 1. The molecule has 6 heteroatoms. The Labute approximate surface area is 183 Å². The second-order valence-electron chi connectivity index (χ2n) is 6.46. The highest BCUT2D eigenvalue weighted by Gasteiger charge is 2.34. The van der Waals surface area contributed by atoms with Gasteiger partial charge in [-0.1, -0.05) is 47.5 Å². The highest BCUT2D eigenvalue weighted by atomic mass is 35.5. The summed E-state index contributed by atoms with van der Waals surface area (Å²) in [6.45, 7) is 2.02. The van der Waals surface area contributed by atoms with E-state index in [-0.39, 0.29) is 5.91 Å². The number of carbonyl (C=O) groups is 1. The van der Waals surface area contributed by atoms with Gasteiger partial charge in [0.2, 0.25) is 0 Å². The van der Waals surface area contributed by atoms with E-state index in [1.54, 1.807) is 29.2 Å². The molecule has 29 heavy (non-hydrogen) atoms. The Balaban J connectivity index is 1.78. The fraction of sp³-hybridized carbons (Fsp3) is 0.0435. The molecule has 1 amide bonds. The van der Waals surface area contributed by atoms with Crippen molar-refractivity contribution < 1.29 is 4.79 Å². The monoisotopic (exact) mass is 438 g/mol. The number of halogens is 2. The molecule has 0 N–H and O–H groups in total. The average molecular weight is 439 g/mol. The number of amides is 1. The van der Waals surface area contributed by atoms with E-state index in [0.29, 0.717) is 25.8 Å². The first-order valence-electron chi connectivity index (χ1n) is 8.91. The van der Waals surface area contributed by atoms with Crippen molar-refractivity contribution in [1.29, 1.82) is 0 Å². The minimum atomic E-state index is -0.117. The van der Waals surface area contributed by atoms with Crippen LogP contribution in [0.3, 0.4) is 0 Å². The van der Waals surface area contributed by atoms with E-state index in [2.05, 4.69) is 0 Å². The van der Waals surface area contributed by atoms with Gasteiger partial charge >= 0.3 is 0 Å². The summed E-state index contributed by atoms with van der Waals surface area (Å²) in [5.41, 5.74) is 3.55. The predicted octanol–water partition coefficient (Wildman–Crippen LogP) is 7.11. The van der Waals surface area contributed by atoms with Gasteiger partial charge in [-0.25, -0.2) is 4.99 Å². The summed E-state index contributed by atoms with van der Waals surface area (Å²) in [6.07, 6.45) is 1.91. The van der Waals surface area contributed by atoms with Gasteiger partial charge in [0.05, 0.1) is 16.3 Å². The van der Waals surface area contributed by atoms with Crippen LogP contribution in [0.2, 0.25) is 10.0 Å². The number of rotatable bonds is 3. The van der Waals surface area contributed by atoms with E-state index in [0.717, 1.165) is 16.8 Å². The minimum Gasteiger partial charge on any atom is -0.268 e. The molecule has 0 atom stereocenters. The first-order valence-corrected chi connectivity index (χ1v) is 10.5. The summed E-state index contributed by atoms with van der Waals surface area (Å²) < 4.78 is 0. The first kappa shape index (κ1) is 19.8. The molecule has 3 nitrogen and oxygen atoms in total. The van der Waals surface area contributed by atoms with Gasteiger partial charge in [-0.15, -0.1) is 0 Å². The smallest absolute Gasteiger partial charge is 0.268 e. The molecule has 144 valence electrons. The Morgan fingerprint density at radius 2 is 1.52 bits per heavy atom. The Hall–Kier alpha value is -2.53. The van der Waals surface area contributed by atoms with Crippen LogP contribution < -0.4 is 4.90 Å². The van der Waals surface area contributed by atoms with E-state index in [1.807, 2.05) is 61.5 Å². The van der Waals surface area contributed by atoms with Crippen molar-refractivity contribution in [2.24, 2.45) is 4.99 Å². The second kappa shape index (κ2) is 8.46. The summed E-state index contributed by atoms with van der Waals surface area (Å²) in [5, 5.41) is 1.83. The lowest BCUT2D eigenvalue weighted by atomic mass is 10.1. The molecule has 0 bridgehead atoms. The molecule has 0 spiro atoms. The number of aryl methyl sites for hydroxylation is 1. The van der Waals surface area contributed by atoms with Crippen LogP contribution in [0, 0.1) is 6.92 Å². The lowest BCUT2D eigenvalue weighted by Gasteiger charge is -2.15. The molecule has 0 aliphatic carbocycles. The van der Waals surface area contributed by atoms with Crippen LogP contribution >= 0.6 is 35.0 Å². The van der Waals surface area contributed by atoms with Gasteiger partial charge in [0.25, 0.3) is 5.91 Å². The molecule has 1 heterocycles. The summed E-state index contributed by atoms with van der Waals surface area (Å²) in [5.74, 6) is -0.117. The molecule has 1 aliphatic heterocycles. The van der Waals surface area contributed by atoms with E-state index >= 15 is 0 Å². The summed E-state index contributed by atoms with van der Waals surface area (Å²) in [7, 11) is 0. The summed E-state index contributed by atoms with van der Waals surface area (Å²) in [6, 6.07) is 22.3. The third-order valence-corrected chi connectivity index (χ3v) is 5.89. The Morgan fingerprint density at radius 3 is 2.17 bits per heavy atom. The molecule has 1 fully saturated rings. The molecule has 1 aliphatic rings. The molecule has 4 rings (SSSR count). The lowest BCUT2D eigenvalue weighted by Crippen LogP contribution is -2.28. The van der Waals surface area contributed by atoms with Crippen molar-refractivity contribution >= 4 is 63.5 Å². The maximum atomic E-state index is 13.3. The largest absolute Gasteiger partial charge is 0.271 e. The fourth-order valence-corrected chi connectivity index (χ4v) is 4.13. The van der Waals surface area contributed by atoms with Crippen LogP contribution in [0.15, 0.2) is 82.7 Å². The number of carbonyl (C=O) groups excluding carboxylic acids is 1. The average Bonchev–Trinajstić information content (AvgIpc) is 3.01. The number of amidine groups is 1. The third kappa shape index (κ3) is 4.40. The van der Waals surface area contributed by atoms with Gasteiger partial charge in [-0.3, -0.25) is 9.69 Å². The van der Waals surface area contributed by atoms with E-state index in [9.17, 15) is 4.79 Å². The predicted molar refractivity (Wildman–Crippen MR) is 124 cm³/mol. The standard InChI is InChI=1S/C23H16Cl2N2OS/c1-15-4-2-3-5-16(15)14-21-22(28)27(20-12-8-18(25)9-13-20)23(29-21)26-19-10-6-17(24)7-11-19/h2-14H,1H3. The molecule has 0 saturated carbocycles. The number of anilines is 1. The molecular formula is C23H16Cl2N2OS. The van der Waals surface area contributed by atoms with Gasteiger partial charge in [0.15, 0.2) is 5.17 Å². The van der Waals surface area contributed by atoms with Crippen molar-refractivity contribution in [2.45, 2.75) is 6.92 Å². The lowest BCUT2D eigenvalue weighted by molar-refractivity contribution is -0.113. The SMILES string of the molecule is Cc1ccccc1C=C1SC(=Nc2ccc(Cl)cc2)N(c2ccc(Cl)cc2)C1=O. The zero-order chi connectivity index (χ0) is 20.4. The Morgan fingerprint density at radius 1 is 0.897 bits per heavy atom. The Kier molecular flexibility index (Phi) is 5.76.